The first-order valence-corrected chi connectivity index (χ1v) is 7.49. The van der Waals surface area contributed by atoms with Crippen LogP contribution in [-0.2, 0) is 5.41 Å². The molecule has 0 fully saturated rings. The SMILES string of the molecule is CC(C)(C)c1ccc([C@H]2CCNc3ccccc32)cc1. The van der Waals surface area contributed by atoms with Gasteiger partial charge in [0.1, 0.15) is 0 Å². The summed E-state index contributed by atoms with van der Waals surface area (Å²) in [5.74, 6) is 0.529. The number of anilines is 1. The number of para-hydroxylation sites is 1. The lowest BCUT2D eigenvalue weighted by Gasteiger charge is -2.28. The van der Waals surface area contributed by atoms with E-state index in [0.717, 1.165) is 6.54 Å². The third kappa shape index (κ3) is 2.45. The summed E-state index contributed by atoms with van der Waals surface area (Å²) in [5.41, 5.74) is 5.80. The summed E-state index contributed by atoms with van der Waals surface area (Å²) in [4.78, 5) is 0. The number of hydrogen-bond donors (Lipinski definition) is 1. The summed E-state index contributed by atoms with van der Waals surface area (Å²) in [6, 6.07) is 17.9. The summed E-state index contributed by atoms with van der Waals surface area (Å²) in [5, 5.41) is 3.50. The van der Waals surface area contributed by atoms with Crippen LogP contribution in [0.1, 0.15) is 49.8 Å². The van der Waals surface area contributed by atoms with Crippen LogP contribution in [0.3, 0.4) is 0 Å². The Morgan fingerprint density at radius 3 is 2.35 bits per heavy atom. The third-order valence-electron chi connectivity index (χ3n) is 4.26. The van der Waals surface area contributed by atoms with Crippen molar-refractivity contribution in [2.24, 2.45) is 0 Å². The average Bonchev–Trinajstić information content (AvgIpc) is 2.46. The highest BCUT2D eigenvalue weighted by Gasteiger charge is 2.21. The topological polar surface area (TPSA) is 12.0 Å². The zero-order chi connectivity index (χ0) is 14.2. The molecule has 104 valence electrons. The van der Waals surface area contributed by atoms with Gasteiger partial charge in [-0.3, -0.25) is 0 Å². The van der Waals surface area contributed by atoms with E-state index in [9.17, 15) is 0 Å². The van der Waals surface area contributed by atoms with Crippen LogP contribution in [0.15, 0.2) is 48.5 Å². The van der Waals surface area contributed by atoms with Gasteiger partial charge in [-0.2, -0.15) is 0 Å². The molecule has 2 aromatic carbocycles. The second kappa shape index (κ2) is 4.97. The summed E-state index contributed by atoms with van der Waals surface area (Å²) < 4.78 is 0. The van der Waals surface area contributed by atoms with Crippen LogP contribution in [0, 0.1) is 0 Å². The van der Waals surface area contributed by atoms with Gasteiger partial charge < -0.3 is 5.32 Å². The highest BCUT2D eigenvalue weighted by atomic mass is 14.9. The maximum absolute atomic E-state index is 3.50. The van der Waals surface area contributed by atoms with Crippen molar-refractivity contribution in [3.05, 3.63) is 65.2 Å². The zero-order valence-corrected chi connectivity index (χ0v) is 12.6. The first-order chi connectivity index (χ1) is 9.55. The Morgan fingerprint density at radius 2 is 1.65 bits per heavy atom. The predicted molar refractivity (Wildman–Crippen MR) is 86.5 cm³/mol. The Bertz CT molecular complexity index is 590. The normalized spacial score (nSPS) is 18.2. The molecule has 1 N–H and O–H groups in total. The highest BCUT2D eigenvalue weighted by molar-refractivity contribution is 5.57. The van der Waals surface area contributed by atoms with Crippen molar-refractivity contribution in [1.82, 2.24) is 0 Å². The number of fused-ring (bicyclic) bond motifs is 1. The predicted octanol–water partition coefficient (Wildman–Crippen LogP) is 4.93. The van der Waals surface area contributed by atoms with E-state index in [1.165, 1.54) is 28.8 Å². The van der Waals surface area contributed by atoms with E-state index in [0.29, 0.717) is 5.92 Å². The van der Waals surface area contributed by atoms with E-state index in [-0.39, 0.29) is 5.41 Å². The van der Waals surface area contributed by atoms with Gasteiger partial charge in [0.25, 0.3) is 0 Å². The largest absolute Gasteiger partial charge is 0.385 e. The molecule has 0 saturated carbocycles. The molecule has 1 heterocycles. The van der Waals surface area contributed by atoms with Crippen LogP contribution in [0.5, 0.6) is 0 Å². The molecule has 20 heavy (non-hydrogen) atoms. The fourth-order valence-electron chi connectivity index (χ4n) is 3.03. The van der Waals surface area contributed by atoms with Crippen LogP contribution in [0.4, 0.5) is 5.69 Å². The van der Waals surface area contributed by atoms with Crippen molar-refractivity contribution in [3.8, 4) is 0 Å². The van der Waals surface area contributed by atoms with Crippen LogP contribution in [-0.4, -0.2) is 6.54 Å². The number of benzene rings is 2. The van der Waals surface area contributed by atoms with Gasteiger partial charge in [0.05, 0.1) is 0 Å². The van der Waals surface area contributed by atoms with E-state index in [4.69, 9.17) is 0 Å². The summed E-state index contributed by atoms with van der Waals surface area (Å²) in [6.07, 6.45) is 1.17. The molecule has 1 aliphatic heterocycles. The van der Waals surface area contributed by atoms with Gasteiger partial charge >= 0.3 is 0 Å². The minimum atomic E-state index is 0.227. The Balaban J connectivity index is 1.95. The zero-order valence-electron chi connectivity index (χ0n) is 12.6. The summed E-state index contributed by atoms with van der Waals surface area (Å²) >= 11 is 0. The van der Waals surface area contributed by atoms with Crippen molar-refractivity contribution in [1.29, 1.82) is 0 Å². The lowest BCUT2D eigenvalue weighted by Crippen LogP contribution is -2.18. The number of hydrogen-bond acceptors (Lipinski definition) is 1. The first-order valence-electron chi connectivity index (χ1n) is 7.49. The Labute approximate surface area is 122 Å². The minimum Gasteiger partial charge on any atom is -0.385 e. The summed E-state index contributed by atoms with van der Waals surface area (Å²) in [6.45, 7) is 7.86. The van der Waals surface area contributed by atoms with Gasteiger partial charge in [-0.05, 0) is 34.6 Å². The van der Waals surface area contributed by atoms with Crippen molar-refractivity contribution in [2.75, 3.05) is 11.9 Å². The molecule has 0 aromatic heterocycles. The fourth-order valence-corrected chi connectivity index (χ4v) is 3.03. The summed E-state index contributed by atoms with van der Waals surface area (Å²) in [7, 11) is 0. The molecule has 0 unspecified atom stereocenters. The molecule has 1 heteroatoms. The van der Waals surface area contributed by atoms with E-state index < -0.39 is 0 Å². The van der Waals surface area contributed by atoms with Crippen LogP contribution in [0.2, 0.25) is 0 Å². The van der Waals surface area contributed by atoms with Crippen LogP contribution < -0.4 is 5.32 Å². The van der Waals surface area contributed by atoms with Gasteiger partial charge in [0.15, 0.2) is 0 Å². The monoisotopic (exact) mass is 265 g/mol. The van der Waals surface area contributed by atoms with Crippen molar-refractivity contribution < 1.29 is 0 Å². The Morgan fingerprint density at radius 1 is 0.950 bits per heavy atom. The van der Waals surface area contributed by atoms with Gasteiger partial charge in [-0.15, -0.1) is 0 Å². The second-order valence-electron chi connectivity index (χ2n) is 6.73. The second-order valence-corrected chi connectivity index (χ2v) is 6.73. The van der Waals surface area contributed by atoms with Crippen molar-refractivity contribution >= 4 is 5.69 Å². The molecule has 0 amide bonds. The molecule has 1 nitrogen and oxygen atoms in total. The molecule has 0 aliphatic carbocycles. The molecular weight excluding hydrogens is 242 g/mol. The van der Waals surface area contributed by atoms with E-state index >= 15 is 0 Å². The smallest absolute Gasteiger partial charge is 0.0379 e. The molecule has 3 rings (SSSR count). The maximum Gasteiger partial charge on any atom is 0.0379 e. The molecule has 0 radical (unpaired) electrons. The highest BCUT2D eigenvalue weighted by Crippen LogP contribution is 2.36. The van der Waals surface area contributed by atoms with Crippen molar-refractivity contribution in [2.45, 2.75) is 38.5 Å². The van der Waals surface area contributed by atoms with Gasteiger partial charge in [0.2, 0.25) is 0 Å². The molecule has 1 atom stereocenters. The molecule has 0 bridgehead atoms. The Hall–Kier alpha value is -1.76. The standard InChI is InChI=1S/C19H23N/c1-19(2,3)15-10-8-14(9-11-15)16-12-13-20-18-7-5-4-6-17(16)18/h4-11,16,20H,12-13H2,1-3H3/t16-/m1/s1. The molecular formula is C19H23N. The van der Waals surface area contributed by atoms with Crippen LogP contribution in [0.25, 0.3) is 0 Å². The first kappa shape index (κ1) is 13.2. The van der Waals surface area contributed by atoms with Gasteiger partial charge in [-0.25, -0.2) is 0 Å². The minimum absolute atomic E-state index is 0.227. The Kier molecular flexibility index (Phi) is 3.29. The quantitative estimate of drug-likeness (QED) is 0.770. The lowest BCUT2D eigenvalue weighted by molar-refractivity contribution is 0.589. The number of nitrogens with one attached hydrogen (secondary N) is 1. The number of rotatable bonds is 1. The van der Waals surface area contributed by atoms with Crippen LogP contribution >= 0.6 is 0 Å². The van der Waals surface area contributed by atoms with E-state index in [1.807, 2.05) is 0 Å². The van der Waals surface area contributed by atoms with Gasteiger partial charge in [0, 0.05) is 18.2 Å². The molecule has 0 saturated heterocycles. The van der Waals surface area contributed by atoms with Crippen molar-refractivity contribution in [3.63, 3.8) is 0 Å². The van der Waals surface area contributed by atoms with E-state index in [2.05, 4.69) is 74.6 Å². The van der Waals surface area contributed by atoms with Gasteiger partial charge in [-0.1, -0.05) is 63.2 Å². The molecule has 0 spiro atoms. The fraction of sp³-hybridized carbons (Fsp3) is 0.368. The average molecular weight is 265 g/mol. The third-order valence-corrected chi connectivity index (χ3v) is 4.26. The van der Waals surface area contributed by atoms with E-state index in [1.54, 1.807) is 0 Å². The molecule has 1 aliphatic rings. The lowest BCUT2D eigenvalue weighted by atomic mass is 9.82. The molecule has 2 aromatic rings. The maximum atomic E-state index is 3.50.